The van der Waals surface area contributed by atoms with Gasteiger partial charge in [0.2, 0.25) is 0 Å². The minimum Gasteiger partial charge on any atom is -0.363 e. The first-order chi connectivity index (χ1) is 11.2. The summed E-state index contributed by atoms with van der Waals surface area (Å²) in [5.41, 5.74) is 6.81. The third kappa shape index (κ3) is 4.05. The van der Waals surface area contributed by atoms with Crippen molar-refractivity contribution in [1.29, 1.82) is 0 Å². The lowest BCUT2D eigenvalue weighted by atomic mass is 10.0. The highest BCUT2D eigenvalue weighted by molar-refractivity contribution is 5.71. The molecule has 23 heavy (non-hydrogen) atoms. The molecular weight excluding hydrogens is 284 g/mol. The molecule has 0 radical (unpaired) electrons. The lowest BCUT2D eigenvalue weighted by Gasteiger charge is -2.35. The first-order valence-corrected chi connectivity index (χ1v) is 8.59. The monoisotopic (exact) mass is 312 g/mol. The molecule has 0 aliphatic rings. The average molecular weight is 312 g/mol. The van der Waals surface area contributed by atoms with Crippen molar-refractivity contribution in [2.75, 3.05) is 16.9 Å². The fraction of sp³-hybridized carbons (Fsp3) is 0.400. The van der Waals surface area contributed by atoms with Gasteiger partial charge in [-0.25, -0.2) is 0 Å². The summed E-state index contributed by atoms with van der Waals surface area (Å²) in [5, 5.41) is 9.55. The van der Waals surface area contributed by atoms with Crippen LogP contribution in [0.3, 0.4) is 0 Å². The highest BCUT2D eigenvalue weighted by atomic mass is 16.5. The Morgan fingerprint density at radius 2 is 1.78 bits per heavy atom. The molecule has 0 saturated heterocycles. The van der Waals surface area contributed by atoms with Gasteiger partial charge in [0.25, 0.3) is 0 Å². The number of anilines is 2. The molecule has 0 spiro atoms. The van der Waals surface area contributed by atoms with Crippen LogP contribution in [0.1, 0.15) is 50.8 Å². The van der Waals surface area contributed by atoms with E-state index in [2.05, 4.69) is 73.6 Å². The Hall–Kier alpha value is -2.00. The number of nitrogens with zero attached hydrogens (tertiary/aromatic N) is 1. The molecule has 0 bridgehead atoms. The van der Waals surface area contributed by atoms with Crippen LogP contribution in [-0.4, -0.2) is 11.8 Å². The van der Waals surface area contributed by atoms with Gasteiger partial charge in [-0.15, -0.1) is 0 Å². The van der Waals surface area contributed by atoms with Gasteiger partial charge in [-0.2, -0.15) is 0 Å². The molecule has 0 aliphatic carbocycles. The molecule has 2 N–H and O–H groups in total. The van der Waals surface area contributed by atoms with Crippen LogP contribution in [0.2, 0.25) is 0 Å². The van der Waals surface area contributed by atoms with Crippen LogP contribution in [0, 0.1) is 0 Å². The molecule has 0 aromatic heterocycles. The van der Waals surface area contributed by atoms with E-state index in [9.17, 15) is 5.21 Å². The second kappa shape index (κ2) is 8.59. The van der Waals surface area contributed by atoms with Crippen LogP contribution in [0.15, 0.2) is 48.5 Å². The van der Waals surface area contributed by atoms with Crippen LogP contribution < -0.4 is 10.4 Å². The third-order valence-electron chi connectivity index (χ3n) is 4.31. The second-order valence-corrected chi connectivity index (χ2v) is 5.84. The maximum Gasteiger partial charge on any atom is 0.0835 e. The molecule has 1 unspecified atom stereocenters. The van der Waals surface area contributed by atoms with Gasteiger partial charge in [0.05, 0.1) is 17.4 Å². The predicted molar refractivity (Wildman–Crippen MR) is 98.3 cm³/mol. The van der Waals surface area contributed by atoms with E-state index in [0.29, 0.717) is 6.04 Å². The summed E-state index contributed by atoms with van der Waals surface area (Å²) < 4.78 is 0. The van der Waals surface area contributed by atoms with E-state index in [1.54, 1.807) is 0 Å². The van der Waals surface area contributed by atoms with Crippen LogP contribution in [0.25, 0.3) is 0 Å². The van der Waals surface area contributed by atoms with Crippen molar-refractivity contribution in [1.82, 2.24) is 0 Å². The fourth-order valence-corrected chi connectivity index (χ4v) is 3.13. The SMILES string of the molecule is CCCN(c1cc(CC)ccc1NO)C(CC)c1ccccc1. The van der Waals surface area contributed by atoms with Crippen LogP contribution in [0.4, 0.5) is 11.4 Å². The Balaban J connectivity index is 2.48. The average Bonchev–Trinajstić information content (AvgIpc) is 2.62. The molecule has 3 heteroatoms. The Labute approximate surface area is 139 Å². The lowest BCUT2D eigenvalue weighted by molar-refractivity contribution is 0.388. The van der Waals surface area contributed by atoms with E-state index in [0.717, 1.165) is 37.2 Å². The van der Waals surface area contributed by atoms with Crippen molar-refractivity contribution in [3.8, 4) is 0 Å². The summed E-state index contributed by atoms with van der Waals surface area (Å²) >= 11 is 0. The van der Waals surface area contributed by atoms with E-state index in [-0.39, 0.29) is 0 Å². The summed E-state index contributed by atoms with van der Waals surface area (Å²) in [5.74, 6) is 0. The number of hydrogen-bond donors (Lipinski definition) is 2. The topological polar surface area (TPSA) is 35.5 Å². The molecule has 2 rings (SSSR count). The van der Waals surface area contributed by atoms with Gasteiger partial charge < -0.3 is 4.90 Å². The first kappa shape index (κ1) is 17.4. The predicted octanol–water partition coefficient (Wildman–Crippen LogP) is 5.42. The van der Waals surface area contributed by atoms with Gasteiger partial charge in [0, 0.05) is 6.54 Å². The van der Waals surface area contributed by atoms with Crippen molar-refractivity contribution in [2.45, 2.75) is 46.1 Å². The number of benzene rings is 2. The van der Waals surface area contributed by atoms with Crippen molar-refractivity contribution in [3.63, 3.8) is 0 Å². The lowest BCUT2D eigenvalue weighted by Crippen LogP contribution is -2.30. The van der Waals surface area contributed by atoms with Crippen molar-refractivity contribution in [2.24, 2.45) is 0 Å². The summed E-state index contributed by atoms with van der Waals surface area (Å²) in [6.45, 7) is 7.52. The van der Waals surface area contributed by atoms with E-state index >= 15 is 0 Å². The van der Waals surface area contributed by atoms with Gasteiger partial charge in [-0.1, -0.05) is 57.2 Å². The maximum absolute atomic E-state index is 9.55. The third-order valence-corrected chi connectivity index (χ3v) is 4.31. The van der Waals surface area contributed by atoms with Gasteiger partial charge in [-0.05, 0) is 42.5 Å². The van der Waals surface area contributed by atoms with Crippen molar-refractivity contribution < 1.29 is 5.21 Å². The highest BCUT2D eigenvalue weighted by Gasteiger charge is 2.21. The highest BCUT2D eigenvalue weighted by Crippen LogP contribution is 2.35. The van der Waals surface area contributed by atoms with Gasteiger partial charge in [-0.3, -0.25) is 10.7 Å². The fourth-order valence-electron chi connectivity index (χ4n) is 3.13. The van der Waals surface area contributed by atoms with E-state index in [1.807, 2.05) is 6.07 Å². The molecule has 0 saturated carbocycles. The molecule has 0 fully saturated rings. The van der Waals surface area contributed by atoms with Gasteiger partial charge in [0.1, 0.15) is 0 Å². The summed E-state index contributed by atoms with van der Waals surface area (Å²) in [6, 6.07) is 17.1. The standard InChI is InChI=1S/C20H28N2O/c1-4-14-22(19(6-3)17-10-8-7-9-11-17)20-15-16(5-2)12-13-18(20)21-23/h7-13,15,19,21,23H,4-6,14H2,1-3H3. The number of aryl methyl sites for hydroxylation is 1. The molecule has 0 amide bonds. The largest absolute Gasteiger partial charge is 0.363 e. The maximum atomic E-state index is 9.55. The molecule has 2 aromatic carbocycles. The molecule has 1 atom stereocenters. The van der Waals surface area contributed by atoms with Crippen LogP contribution in [0.5, 0.6) is 0 Å². The van der Waals surface area contributed by atoms with Gasteiger partial charge in [0.15, 0.2) is 0 Å². The summed E-state index contributed by atoms with van der Waals surface area (Å²) in [7, 11) is 0. The second-order valence-electron chi connectivity index (χ2n) is 5.84. The molecule has 3 nitrogen and oxygen atoms in total. The van der Waals surface area contributed by atoms with Crippen LogP contribution >= 0.6 is 0 Å². The quantitative estimate of drug-likeness (QED) is 0.639. The van der Waals surface area contributed by atoms with Crippen molar-refractivity contribution >= 4 is 11.4 Å². The summed E-state index contributed by atoms with van der Waals surface area (Å²) in [4.78, 5) is 2.41. The zero-order chi connectivity index (χ0) is 16.7. The Bertz CT molecular complexity index is 598. The Morgan fingerprint density at radius 1 is 1.04 bits per heavy atom. The van der Waals surface area contributed by atoms with E-state index in [1.165, 1.54) is 11.1 Å². The zero-order valence-corrected chi connectivity index (χ0v) is 14.4. The van der Waals surface area contributed by atoms with Crippen LogP contribution in [-0.2, 0) is 6.42 Å². The molecular formula is C20H28N2O. The molecule has 0 aliphatic heterocycles. The molecule has 2 aromatic rings. The smallest absolute Gasteiger partial charge is 0.0835 e. The first-order valence-electron chi connectivity index (χ1n) is 8.59. The zero-order valence-electron chi connectivity index (χ0n) is 14.4. The Morgan fingerprint density at radius 3 is 2.35 bits per heavy atom. The van der Waals surface area contributed by atoms with E-state index < -0.39 is 0 Å². The summed E-state index contributed by atoms with van der Waals surface area (Å²) in [6.07, 6.45) is 3.07. The number of rotatable bonds is 8. The van der Waals surface area contributed by atoms with Gasteiger partial charge >= 0.3 is 0 Å². The number of nitrogens with one attached hydrogen (secondary N) is 1. The normalized spacial score (nSPS) is 12.0. The number of hydrogen-bond acceptors (Lipinski definition) is 3. The minimum absolute atomic E-state index is 0.301. The van der Waals surface area contributed by atoms with Crippen molar-refractivity contribution in [3.05, 3.63) is 59.7 Å². The Kier molecular flexibility index (Phi) is 6.48. The van der Waals surface area contributed by atoms with E-state index in [4.69, 9.17) is 0 Å². The molecule has 0 heterocycles. The molecule has 124 valence electrons. The minimum atomic E-state index is 0.301.